The number of hydrogen-bond donors (Lipinski definition) is 0. The molecule has 0 radical (unpaired) electrons. The van der Waals surface area contributed by atoms with Crippen molar-refractivity contribution in [1.29, 1.82) is 0 Å². The second-order valence-corrected chi connectivity index (χ2v) is 9.21. The molecule has 3 nitrogen and oxygen atoms in total. The lowest BCUT2D eigenvalue weighted by molar-refractivity contribution is -0.191. The summed E-state index contributed by atoms with van der Waals surface area (Å²) in [5.41, 5.74) is 1.48. The van der Waals surface area contributed by atoms with Crippen molar-refractivity contribution in [3.63, 3.8) is 0 Å². The van der Waals surface area contributed by atoms with Crippen LogP contribution >= 0.6 is 11.6 Å². The van der Waals surface area contributed by atoms with Crippen molar-refractivity contribution in [3.8, 4) is 0 Å². The molecule has 20 heavy (non-hydrogen) atoms. The van der Waals surface area contributed by atoms with Crippen LogP contribution in [0.1, 0.15) is 31.2 Å². The van der Waals surface area contributed by atoms with Gasteiger partial charge in [0.15, 0.2) is 9.84 Å². The molecule has 1 saturated heterocycles. The summed E-state index contributed by atoms with van der Waals surface area (Å²) in [7, 11) is -3.22. The third-order valence-electron chi connectivity index (χ3n) is 5.44. The Morgan fingerprint density at radius 3 is 2.35 bits per heavy atom. The zero-order chi connectivity index (χ0) is 14.2. The molecule has 0 atom stereocenters. The summed E-state index contributed by atoms with van der Waals surface area (Å²) in [5.74, 6) is 0. The lowest BCUT2D eigenvalue weighted by Gasteiger charge is -2.76. The topological polar surface area (TPSA) is 37.4 Å². The van der Waals surface area contributed by atoms with E-state index in [0.717, 1.165) is 24.8 Å². The normalized spacial score (nSPS) is 35.9. The quantitative estimate of drug-likeness (QED) is 0.861. The lowest BCUT2D eigenvalue weighted by Crippen LogP contribution is -2.78. The van der Waals surface area contributed by atoms with Gasteiger partial charge in [0.05, 0.1) is 4.90 Å². The first-order valence-electron chi connectivity index (χ1n) is 7.10. The zero-order valence-corrected chi connectivity index (χ0v) is 13.1. The van der Waals surface area contributed by atoms with Gasteiger partial charge in [-0.05, 0) is 56.5 Å². The number of likely N-dealkylation sites (tertiary alicyclic amines) is 1. The van der Waals surface area contributed by atoms with Crippen LogP contribution in [0.4, 0.5) is 0 Å². The van der Waals surface area contributed by atoms with Gasteiger partial charge in [-0.25, -0.2) is 8.42 Å². The summed E-state index contributed by atoms with van der Waals surface area (Å²) in [6, 6.07) is 5.36. The molecule has 1 heterocycles. The number of rotatable bonds is 3. The fourth-order valence-corrected chi connectivity index (χ4v) is 5.65. The molecule has 1 aromatic carbocycles. The number of benzene rings is 1. The van der Waals surface area contributed by atoms with E-state index in [-0.39, 0.29) is 5.41 Å². The fraction of sp³-hybridized carbons (Fsp3) is 0.600. The fourth-order valence-electron chi connectivity index (χ4n) is 4.39. The molecule has 0 amide bonds. The maximum atomic E-state index is 12.0. The van der Waals surface area contributed by atoms with Gasteiger partial charge >= 0.3 is 0 Å². The first-order chi connectivity index (χ1) is 9.35. The van der Waals surface area contributed by atoms with E-state index in [1.165, 1.54) is 25.8 Å². The molecule has 1 aliphatic heterocycles. The maximum absolute atomic E-state index is 12.0. The van der Waals surface area contributed by atoms with Gasteiger partial charge in [-0.3, -0.25) is 4.90 Å². The molecule has 0 spiro atoms. The average Bonchev–Trinajstić information content (AvgIpc) is 2.17. The van der Waals surface area contributed by atoms with Gasteiger partial charge in [0, 0.05) is 22.2 Å². The van der Waals surface area contributed by atoms with E-state index < -0.39 is 9.84 Å². The van der Waals surface area contributed by atoms with Crippen LogP contribution in [0.15, 0.2) is 23.1 Å². The molecule has 0 N–H and O–H groups in total. The van der Waals surface area contributed by atoms with E-state index in [4.69, 9.17) is 11.6 Å². The smallest absolute Gasteiger partial charge is 0.175 e. The summed E-state index contributed by atoms with van der Waals surface area (Å²) in [5, 5.41) is 0.498. The maximum Gasteiger partial charge on any atom is 0.175 e. The highest BCUT2D eigenvalue weighted by Crippen LogP contribution is 2.71. The Labute approximate surface area is 124 Å². The van der Waals surface area contributed by atoms with Crippen molar-refractivity contribution in [2.45, 2.75) is 41.5 Å². The Bertz CT molecular complexity index is 674. The van der Waals surface area contributed by atoms with Crippen molar-refractivity contribution >= 4 is 21.4 Å². The summed E-state index contributed by atoms with van der Waals surface area (Å²) in [4.78, 5) is 3.01. The molecule has 0 aromatic heterocycles. The van der Waals surface area contributed by atoms with Crippen molar-refractivity contribution < 1.29 is 8.42 Å². The van der Waals surface area contributed by atoms with E-state index in [2.05, 4.69) is 4.90 Å². The first kappa shape index (κ1) is 13.1. The minimum atomic E-state index is -3.22. The highest BCUT2D eigenvalue weighted by molar-refractivity contribution is 7.90. The first-order valence-corrected chi connectivity index (χ1v) is 9.37. The van der Waals surface area contributed by atoms with Crippen LogP contribution in [-0.4, -0.2) is 38.2 Å². The van der Waals surface area contributed by atoms with E-state index in [1.807, 2.05) is 12.1 Å². The van der Waals surface area contributed by atoms with Crippen LogP contribution in [0, 0.1) is 0 Å². The molecule has 1 aromatic rings. The van der Waals surface area contributed by atoms with Crippen LogP contribution in [0.3, 0.4) is 0 Å². The summed E-state index contributed by atoms with van der Waals surface area (Å²) in [6.45, 7) is 2.44. The number of hydrogen-bond acceptors (Lipinski definition) is 3. The molecule has 5 rings (SSSR count). The Morgan fingerprint density at radius 1 is 1.20 bits per heavy atom. The Balaban J connectivity index is 1.69. The van der Waals surface area contributed by atoms with Gasteiger partial charge in [-0.15, -0.1) is 0 Å². The Kier molecular flexibility index (Phi) is 2.48. The molecular weight excluding hydrogens is 294 g/mol. The third-order valence-corrected chi connectivity index (χ3v) is 6.82. The Morgan fingerprint density at radius 2 is 1.85 bits per heavy atom. The molecule has 4 aliphatic rings. The number of nitrogens with zero attached hydrogens (tertiary/aromatic N) is 1. The van der Waals surface area contributed by atoms with Gasteiger partial charge in [-0.1, -0.05) is 17.7 Å². The minimum Gasteiger partial charge on any atom is -0.297 e. The van der Waals surface area contributed by atoms with Crippen molar-refractivity contribution in [3.05, 3.63) is 28.8 Å². The molecular formula is C15H18ClNO2S. The van der Waals surface area contributed by atoms with Gasteiger partial charge in [0.2, 0.25) is 0 Å². The summed E-state index contributed by atoms with van der Waals surface area (Å²) >= 11 is 5.98. The van der Waals surface area contributed by atoms with Crippen LogP contribution in [0.2, 0.25) is 5.02 Å². The highest BCUT2D eigenvalue weighted by Gasteiger charge is 2.71. The predicted molar refractivity (Wildman–Crippen MR) is 79.0 cm³/mol. The summed E-state index contributed by atoms with van der Waals surface area (Å²) in [6.07, 6.45) is 5.93. The van der Waals surface area contributed by atoms with Gasteiger partial charge < -0.3 is 0 Å². The SMILES string of the molecule is CS(=O)(=O)c1cc(Cl)ccc1C12CC(N3CCC3)(C1)C2. The number of sulfone groups is 1. The average molecular weight is 312 g/mol. The molecule has 4 fully saturated rings. The van der Waals surface area contributed by atoms with Crippen molar-refractivity contribution in [2.75, 3.05) is 19.3 Å². The van der Waals surface area contributed by atoms with Crippen LogP contribution in [0.5, 0.6) is 0 Å². The summed E-state index contributed by atoms with van der Waals surface area (Å²) < 4.78 is 24.0. The van der Waals surface area contributed by atoms with Crippen LogP contribution in [-0.2, 0) is 15.3 Å². The van der Waals surface area contributed by atoms with E-state index in [9.17, 15) is 8.42 Å². The Hall–Kier alpha value is -0.580. The highest BCUT2D eigenvalue weighted by atomic mass is 35.5. The standard InChI is InChI=1S/C15H18ClNO2S/c1-20(18,19)13-7-11(16)3-4-12(13)14-8-15(9-14,10-14)17-5-2-6-17/h3-4,7H,2,5-6,8-10H2,1H3. The van der Waals surface area contributed by atoms with Gasteiger partial charge in [0.1, 0.15) is 0 Å². The van der Waals surface area contributed by atoms with Crippen molar-refractivity contribution in [1.82, 2.24) is 4.90 Å². The van der Waals surface area contributed by atoms with Crippen LogP contribution in [0.25, 0.3) is 0 Å². The molecule has 5 heteroatoms. The van der Waals surface area contributed by atoms with Gasteiger partial charge in [0.25, 0.3) is 0 Å². The van der Waals surface area contributed by atoms with E-state index in [0.29, 0.717) is 15.5 Å². The van der Waals surface area contributed by atoms with Crippen LogP contribution < -0.4 is 0 Å². The second-order valence-electron chi connectivity index (χ2n) is 6.79. The zero-order valence-electron chi connectivity index (χ0n) is 11.5. The minimum absolute atomic E-state index is 0.0958. The van der Waals surface area contributed by atoms with E-state index >= 15 is 0 Å². The molecule has 3 saturated carbocycles. The molecule has 0 unspecified atom stereocenters. The van der Waals surface area contributed by atoms with Crippen molar-refractivity contribution in [2.24, 2.45) is 0 Å². The predicted octanol–water partition coefficient (Wildman–Crippen LogP) is 2.62. The van der Waals surface area contributed by atoms with Gasteiger partial charge in [-0.2, -0.15) is 0 Å². The second kappa shape index (κ2) is 3.79. The molecule has 3 aliphatic carbocycles. The monoisotopic (exact) mass is 311 g/mol. The molecule has 2 bridgehead atoms. The largest absolute Gasteiger partial charge is 0.297 e. The third kappa shape index (κ3) is 1.59. The molecule has 108 valence electrons. The lowest BCUT2D eigenvalue weighted by atomic mass is 9.36. The van der Waals surface area contributed by atoms with E-state index in [1.54, 1.807) is 6.07 Å². The number of halogens is 1.